The highest BCUT2D eigenvalue weighted by Gasteiger charge is 2.18. The first-order valence-electron chi connectivity index (χ1n) is 8.77. The van der Waals surface area contributed by atoms with Gasteiger partial charge in [-0.1, -0.05) is 15.9 Å². The van der Waals surface area contributed by atoms with Gasteiger partial charge >= 0.3 is 0 Å². The van der Waals surface area contributed by atoms with Crippen molar-refractivity contribution in [2.24, 2.45) is 0 Å². The van der Waals surface area contributed by atoms with E-state index >= 15 is 0 Å². The molecule has 1 aromatic carbocycles. The Hall–Kier alpha value is -2.47. The zero-order valence-electron chi connectivity index (χ0n) is 14.3. The minimum atomic E-state index is 0.0781. The van der Waals surface area contributed by atoms with Crippen molar-refractivity contribution in [3.63, 3.8) is 0 Å². The Morgan fingerprint density at radius 1 is 0.962 bits per heavy atom. The van der Waals surface area contributed by atoms with Crippen LogP contribution in [0.2, 0.25) is 0 Å². The summed E-state index contributed by atoms with van der Waals surface area (Å²) in [6.45, 7) is 1.70. The van der Waals surface area contributed by atoms with Crippen LogP contribution in [0.1, 0.15) is 29.6 Å². The van der Waals surface area contributed by atoms with Gasteiger partial charge in [0.15, 0.2) is 0 Å². The van der Waals surface area contributed by atoms with Crippen molar-refractivity contribution in [3.8, 4) is 16.9 Å². The monoisotopic (exact) mass is 410 g/mol. The number of hydrogen-bond acceptors (Lipinski definition) is 3. The molecule has 1 fully saturated rings. The van der Waals surface area contributed by atoms with Crippen molar-refractivity contribution < 1.29 is 4.79 Å². The van der Waals surface area contributed by atoms with Gasteiger partial charge in [-0.05, 0) is 55.7 Å². The highest BCUT2D eigenvalue weighted by atomic mass is 79.9. The molecule has 0 aliphatic carbocycles. The summed E-state index contributed by atoms with van der Waals surface area (Å²) < 4.78 is 2.85. The molecule has 0 spiro atoms. The number of pyridine rings is 1. The molecule has 1 amide bonds. The van der Waals surface area contributed by atoms with Gasteiger partial charge in [-0.15, -0.1) is 0 Å². The summed E-state index contributed by atoms with van der Waals surface area (Å²) in [7, 11) is 0. The molecule has 1 aliphatic rings. The Bertz CT molecular complexity index is 896. The fourth-order valence-corrected chi connectivity index (χ4v) is 3.43. The maximum atomic E-state index is 12.5. The highest BCUT2D eigenvalue weighted by Crippen LogP contribution is 2.20. The molecule has 0 unspecified atom stereocenters. The Kier molecular flexibility index (Phi) is 4.84. The van der Waals surface area contributed by atoms with E-state index in [0.717, 1.165) is 47.3 Å². The number of hydrogen-bond donors (Lipinski definition) is 0. The molecule has 0 radical (unpaired) electrons. The molecule has 0 bridgehead atoms. The molecular weight excluding hydrogens is 392 g/mol. The van der Waals surface area contributed by atoms with Crippen LogP contribution in [-0.4, -0.2) is 38.7 Å². The first kappa shape index (κ1) is 17.0. The molecule has 2 aromatic heterocycles. The molecule has 0 saturated carbocycles. The summed E-state index contributed by atoms with van der Waals surface area (Å²) in [5.41, 5.74) is 3.36. The first-order valence-corrected chi connectivity index (χ1v) is 9.56. The van der Waals surface area contributed by atoms with Crippen molar-refractivity contribution in [1.29, 1.82) is 0 Å². The molecule has 0 N–H and O–H groups in total. The van der Waals surface area contributed by atoms with Crippen LogP contribution in [0.25, 0.3) is 16.9 Å². The van der Waals surface area contributed by atoms with Crippen LogP contribution in [0.3, 0.4) is 0 Å². The van der Waals surface area contributed by atoms with Crippen LogP contribution >= 0.6 is 15.9 Å². The van der Waals surface area contributed by atoms with Gasteiger partial charge in [0.05, 0.1) is 23.1 Å². The zero-order chi connectivity index (χ0) is 17.9. The predicted octanol–water partition coefficient (Wildman–Crippen LogP) is 4.32. The van der Waals surface area contributed by atoms with E-state index in [2.05, 4.69) is 26.0 Å². The van der Waals surface area contributed by atoms with Gasteiger partial charge in [0.2, 0.25) is 0 Å². The third-order valence-electron chi connectivity index (χ3n) is 4.62. The summed E-state index contributed by atoms with van der Waals surface area (Å²) in [4.78, 5) is 18.9. The molecule has 3 heterocycles. The summed E-state index contributed by atoms with van der Waals surface area (Å²) in [5, 5.41) is 4.41. The Balaban J connectivity index is 1.52. The van der Waals surface area contributed by atoms with Crippen LogP contribution in [-0.2, 0) is 0 Å². The highest BCUT2D eigenvalue weighted by molar-refractivity contribution is 9.10. The quantitative estimate of drug-likeness (QED) is 0.645. The van der Waals surface area contributed by atoms with E-state index in [4.69, 9.17) is 0 Å². The first-order chi connectivity index (χ1) is 12.7. The number of piperidine rings is 1. The molecule has 0 atom stereocenters. The molecule has 5 nitrogen and oxygen atoms in total. The minimum Gasteiger partial charge on any atom is -0.339 e. The molecule has 4 rings (SSSR count). The maximum absolute atomic E-state index is 12.5. The largest absolute Gasteiger partial charge is 0.339 e. The number of benzene rings is 1. The summed E-state index contributed by atoms with van der Waals surface area (Å²) >= 11 is 3.44. The van der Waals surface area contributed by atoms with Crippen molar-refractivity contribution >= 4 is 21.8 Å². The summed E-state index contributed by atoms with van der Waals surface area (Å²) in [5.74, 6) is 0.0781. The molecule has 1 aliphatic heterocycles. The van der Waals surface area contributed by atoms with E-state index in [1.807, 2.05) is 52.2 Å². The molecule has 26 heavy (non-hydrogen) atoms. The predicted molar refractivity (Wildman–Crippen MR) is 104 cm³/mol. The Labute approximate surface area is 160 Å². The van der Waals surface area contributed by atoms with Gasteiger partial charge in [-0.3, -0.25) is 9.78 Å². The lowest BCUT2D eigenvalue weighted by atomic mass is 10.1. The van der Waals surface area contributed by atoms with Crippen molar-refractivity contribution in [1.82, 2.24) is 19.7 Å². The second-order valence-corrected chi connectivity index (χ2v) is 7.35. The van der Waals surface area contributed by atoms with Crippen LogP contribution in [0, 0.1) is 0 Å². The number of nitrogens with zero attached hydrogens (tertiary/aromatic N) is 4. The minimum absolute atomic E-state index is 0.0781. The van der Waals surface area contributed by atoms with E-state index in [9.17, 15) is 4.79 Å². The third-order valence-corrected chi connectivity index (χ3v) is 5.15. The van der Waals surface area contributed by atoms with Gasteiger partial charge in [-0.25, -0.2) is 4.68 Å². The number of carbonyl (C=O) groups is 1. The number of likely N-dealkylation sites (tertiary alicyclic amines) is 1. The second kappa shape index (κ2) is 7.41. The number of amides is 1. The van der Waals surface area contributed by atoms with E-state index < -0.39 is 0 Å². The number of rotatable bonds is 3. The van der Waals surface area contributed by atoms with Gasteiger partial charge < -0.3 is 4.90 Å². The van der Waals surface area contributed by atoms with Crippen LogP contribution in [0.5, 0.6) is 0 Å². The SMILES string of the molecule is O=C(c1ccc(-c2cnn(-c3ccc(Br)cc3)c2)nc1)N1CCCCC1. The third kappa shape index (κ3) is 3.55. The molecule has 132 valence electrons. The second-order valence-electron chi connectivity index (χ2n) is 6.43. The van der Waals surface area contributed by atoms with Gasteiger partial charge in [0.25, 0.3) is 5.91 Å². The molecule has 6 heteroatoms. The average molecular weight is 411 g/mol. The lowest BCUT2D eigenvalue weighted by Gasteiger charge is -2.26. The van der Waals surface area contributed by atoms with Gasteiger partial charge in [0, 0.05) is 35.5 Å². The lowest BCUT2D eigenvalue weighted by molar-refractivity contribution is 0.0724. The van der Waals surface area contributed by atoms with E-state index in [0.29, 0.717) is 5.56 Å². The standard InChI is InChI=1S/C20H19BrN4O/c21-17-5-7-18(8-6-17)25-14-16(13-23-25)19-9-4-15(12-22-19)20(26)24-10-2-1-3-11-24/h4-9,12-14H,1-3,10-11H2. The molecule has 1 saturated heterocycles. The Morgan fingerprint density at radius 3 is 2.42 bits per heavy atom. The van der Waals surface area contributed by atoms with Crippen molar-refractivity contribution in [2.75, 3.05) is 13.1 Å². The van der Waals surface area contributed by atoms with Gasteiger partial charge in [0.1, 0.15) is 0 Å². The summed E-state index contributed by atoms with van der Waals surface area (Å²) in [6, 6.07) is 11.7. The van der Waals surface area contributed by atoms with E-state index in [1.54, 1.807) is 12.4 Å². The fraction of sp³-hybridized carbons (Fsp3) is 0.250. The zero-order valence-corrected chi connectivity index (χ0v) is 15.9. The Morgan fingerprint density at radius 2 is 1.73 bits per heavy atom. The number of carbonyl (C=O) groups excluding carboxylic acids is 1. The van der Waals surface area contributed by atoms with Crippen LogP contribution in [0.15, 0.2) is 59.5 Å². The normalized spacial score (nSPS) is 14.4. The molecular formula is C20H19BrN4O. The van der Waals surface area contributed by atoms with Crippen LogP contribution in [0.4, 0.5) is 0 Å². The van der Waals surface area contributed by atoms with Crippen LogP contribution < -0.4 is 0 Å². The number of aromatic nitrogens is 3. The average Bonchev–Trinajstić information content (AvgIpc) is 3.19. The van der Waals surface area contributed by atoms with E-state index in [-0.39, 0.29) is 5.91 Å². The number of halogens is 1. The molecule has 3 aromatic rings. The maximum Gasteiger partial charge on any atom is 0.255 e. The lowest BCUT2D eigenvalue weighted by Crippen LogP contribution is -2.35. The summed E-state index contributed by atoms with van der Waals surface area (Å²) in [6.07, 6.45) is 8.79. The van der Waals surface area contributed by atoms with Crippen molar-refractivity contribution in [2.45, 2.75) is 19.3 Å². The fourth-order valence-electron chi connectivity index (χ4n) is 3.16. The van der Waals surface area contributed by atoms with E-state index in [1.165, 1.54) is 6.42 Å². The van der Waals surface area contributed by atoms with Crippen molar-refractivity contribution in [3.05, 3.63) is 65.0 Å². The topological polar surface area (TPSA) is 51.0 Å². The van der Waals surface area contributed by atoms with Gasteiger partial charge in [-0.2, -0.15) is 5.10 Å². The smallest absolute Gasteiger partial charge is 0.255 e.